The normalized spacial score (nSPS) is 12.0. The van der Waals surface area contributed by atoms with Crippen LogP contribution in [0.25, 0.3) is 0 Å². The Balaban J connectivity index is 2.50. The van der Waals surface area contributed by atoms with Gasteiger partial charge in [0.2, 0.25) is 0 Å². The maximum atomic E-state index is 5.35. The second-order valence-electron chi connectivity index (χ2n) is 5.97. The SMILES string of the molecule is CCOCCCNC(=NCc1nnc(C)n1C)NCCC(C)C. The summed E-state index contributed by atoms with van der Waals surface area (Å²) in [6.45, 7) is 12.2. The number of aliphatic imine (C=N–C) groups is 1. The van der Waals surface area contributed by atoms with Gasteiger partial charge in [-0.05, 0) is 32.6 Å². The Kier molecular flexibility index (Phi) is 9.28. The van der Waals surface area contributed by atoms with E-state index in [0.29, 0.717) is 12.5 Å². The summed E-state index contributed by atoms with van der Waals surface area (Å²) in [5.41, 5.74) is 0. The third-order valence-corrected chi connectivity index (χ3v) is 3.54. The first-order valence-electron chi connectivity index (χ1n) is 8.49. The van der Waals surface area contributed by atoms with Crippen molar-refractivity contribution in [1.29, 1.82) is 0 Å². The minimum atomic E-state index is 0.514. The van der Waals surface area contributed by atoms with Gasteiger partial charge in [-0.3, -0.25) is 0 Å². The monoisotopic (exact) mass is 324 g/mol. The Morgan fingerprint density at radius 3 is 2.61 bits per heavy atom. The van der Waals surface area contributed by atoms with Crippen LogP contribution in [0, 0.1) is 12.8 Å². The molecule has 2 N–H and O–H groups in total. The highest BCUT2D eigenvalue weighted by atomic mass is 16.5. The summed E-state index contributed by atoms with van der Waals surface area (Å²) in [5, 5.41) is 14.9. The van der Waals surface area contributed by atoms with Gasteiger partial charge in [0.1, 0.15) is 12.4 Å². The zero-order chi connectivity index (χ0) is 17.1. The molecule has 0 aromatic carbocycles. The molecule has 1 aromatic heterocycles. The lowest BCUT2D eigenvalue weighted by Gasteiger charge is -2.13. The van der Waals surface area contributed by atoms with Crippen LogP contribution in [-0.4, -0.2) is 47.0 Å². The summed E-state index contributed by atoms with van der Waals surface area (Å²) in [5.74, 6) is 3.25. The van der Waals surface area contributed by atoms with Gasteiger partial charge in [-0.25, -0.2) is 4.99 Å². The number of ether oxygens (including phenoxy) is 1. The van der Waals surface area contributed by atoms with Crippen LogP contribution in [0.4, 0.5) is 0 Å². The van der Waals surface area contributed by atoms with Crippen molar-refractivity contribution in [2.24, 2.45) is 18.0 Å². The van der Waals surface area contributed by atoms with Crippen molar-refractivity contribution in [2.45, 2.75) is 47.1 Å². The topological polar surface area (TPSA) is 76.4 Å². The highest BCUT2D eigenvalue weighted by Crippen LogP contribution is 2.00. The van der Waals surface area contributed by atoms with Gasteiger partial charge >= 0.3 is 0 Å². The van der Waals surface area contributed by atoms with Crippen LogP contribution in [0.3, 0.4) is 0 Å². The standard InChI is InChI=1S/C16H32N6O/c1-6-23-11-7-9-17-16(18-10-8-13(2)3)19-12-15-21-20-14(4)22(15)5/h13H,6-12H2,1-5H3,(H2,17,18,19). The molecule has 7 heteroatoms. The third-order valence-electron chi connectivity index (χ3n) is 3.54. The Morgan fingerprint density at radius 1 is 1.26 bits per heavy atom. The lowest BCUT2D eigenvalue weighted by atomic mass is 10.1. The van der Waals surface area contributed by atoms with E-state index in [2.05, 4.69) is 39.7 Å². The molecule has 1 rings (SSSR count). The fourth-order valence-corrected chi connectivity index (χ4v) is 1.92. The number of aryl methyl sites for hydroxylation is 1. The van der Waals surface area contributed by atoms with Crippen LogP contribution in [0.15, 0.2) is 4.99 Å². The quantitative estimate of drug-likeness (QED) is 0.389. The number of hydrogen-bond donors (Lipinski definition) is 2. The van der Waals surface area contributed by atoms with Crippen LogP contribution in [0.2, 0.25) is 0 Å². The van der Waals surface area contributed by atoms with E-state index in [-0.39, 0.29) is 0 Å². The zero-order valence-electron chi connectivity index (χ0n) is 15.2. The maximum Gasteiger partial charge on any atom is 0.191 e. The molecule has 0 amide bonds. The average molecular weight is 324 g/mol. The van der Waals surface area contributed by atoms with Crippen molar-refractivity contribution in [2.75, 3.05) is 26.3 Å². The van der Waals surface area contributed by atoms with Gasteiger partial charge in [-0.2, -0.15) is 0 Å². The smallest absolute Gasteiger partial charge is 0.191 e. The molecule has 0 spiro atoms. The van der Waals surface area contributed by atoms with Crippen LogP contribution in [0.1, 0.15) is 45.3 Å². The van der Waals surface area contributed by atoms with Crippen molar-refractivity contribution < 1.29 is 4.74 Å². The minimum absolute atomic E-state index is 0.514. The molecular formula is C16H32N6O. The van der Waals surface area contributed by atoms with Crippen molar-refractivity contribution in [3.05, 3.63) is 11.6 Å². The largest absolute Gasteiger partial charge is 0.382 e. The predicted molar refractivity (Wildman–Crippen MR) is 93.4 cm³/mol. The number of guanidine groups is 1. The van der Waals surface area contributed by atoms with E-state index < -0.39 is 0 Å². The fourth-order valence-electron chi connectivity index (χ4n) is 1.92. The Bertz CT molecular complexity index is 469. The van der Waals surface area contributed by atoms with Gasteiger partial charge in [0, 0.05) is 33.4 Å². The van der Waals surface area contributed by atoms with Crippen LogP contribution in [-0.2, 0) is 18.3 Å². The highest BCUT2D eigenvalue weighted by molar-refractivity contribution is 5.79. The zero-order valence-corrected chi connectivity index (χ0v) is 15.2. The molecule has 0 unspecified atom stereocenters. The van der Waals surface area contributed by atoms with E-state index in [9.17, 15) is 0 Å². The van der Waals surface area contributed by atoms with E-state index in [0.717, 1.165) is 56.8 Å². The van der Waals surface area contributed by atoms with Crippen LogP contribution < -0.4 is 10.6 Å². The number of nitrogens with zero attached hydrogens (tertiary/aromatic N) is 4. The molecule has 0 saturated heterocycles. The van der Waals surface area contributed by atoms with Gasteiger partial charge in [-0.1, -0.05) is 13.8 Å². The minimum Gasteiger partial charge on any atom is -0.382 e. The molecule has 0 saturated carbocycles. The number of hydrogen-bond acceptors (Lipinski definition) is 4. The summed E-state index contributed by atoms with van der Waals surface area (Å²) in [6.07, 6.45) is 2.07. The predicted octanol–water partition coefficient (Wildman–Crippen LogP) is 1.63. The Morgan fingerprint density at radius 2 is 2.00 bits per heavy atom. The molecule has 132 valence electrons. The first-order valence-corrected chi connectivity index (χ1v) is 8.49. The van der Waals surface area contributed by atoms with Crippen molar-refractivity contribution >= 4 is 5.96 Å². The van der Waals surface area contributed by atoms with Crippen molar-refractivity contribution in [3.63, 3.8) is 0 Å². The van der Waals surface area contributed by atoms with E-state index in [1.807, 2.05) is 25.5 Å². The van der Waals surface area contributed by atoms with Crippen LogP contribution in [0.5, 0.6) is 0 Å². The fraction of sp³-hybridized carbons (Fsp3) is 0.812. The molecule has 0 aliphatic rings. The highest BCUT2D eigenvalue weighted by Gasteiger charge is 2.05. The van der Waals surface area contributed by atoms with Gasteiger partial charge in [-0.15, -0.1) is 10.2 Å². The molecule has 0 fully saturated rings. The van der Waals surface area contributed by atoms with Gasteiger partial charge in [0.15, 0.2) is 11.8 Å². The summed E-state index contributed by atoms with van der Waals surface area (Å²) in [4.78, 5) is 4.61. The van der Waals surface area contributed by atoms with E-state index >= 15 is 0 Å². The number of nitrogens with one attached hydrogen (secondary N) is 2. The molecule has 0 aliphatic carbocycles. The lowest BCUT2D eigenvalue weighted by Crippen LogP contribution is -2.39. The second kappa shape index (κ2) is 11.0. The summed E-state index contributed by atoms with van der Waals surface area (Å²) >= 11 is 0. The molecule has 0 bridgehead atoms. The first kappa shape index (κ1) is 19.4. The van der Waals surface area contributed by atoms with Crippen molar-refractivity contribution in [1.82, 2.24) is 25.4 Å². The van der Waals surface area contributed by atoms with Crippen LogP contribution >= 0.6 is 0 Å². The molecule has 0 radical (unpaired) electrons. The molecule has 7 nitrogen and oxygen atoms in total. The third kappa shape index (κ3) is 7.97. The Hall–Kier alpha value is -1.63. The van der Waals surface area contributed by atoms with Gasteiger partial charge in [0.05, 0.1) is 0 Å². The molecule has 0 atom stereocenters. The average Bonchev–Trinajstić information content (AvgIpc) is 2.83. The summed E-state index contributed by atoms with van der Waals surface area (Å²) < 4.78 is 7.32. The van der Waals surface area contributed by atoms with E-state index in [1.165, 1.54) is 0 Å². The second-order valence-corrected chi connectivity index (χ2v) is 5.97. The first-order chi connectivity index (χ1) is 11.0. The summed E-state index contributed by atoms with van der Waals surface area (Å²) in [7, 11) is 1.96. The van der Waals surface area contributed by atoms with E-state index in [1.54, 1.807) is 0 Å². The molecular weight excluding hydrogens is 292 g/mol. The van der Waals surface area contributed by atoms with E-state index in [4.69, 9.17) is 4.74 Å². The molecule has 0 aliphatic heterocycles. The number of rotatable bonds is 10. The summed E-state index contributed by atoms with van der Waals surface area (Å²) in [6, 6.07) is 0. The maximum absolute atomic E-state index is 5.35. The van der Waals surface area contributed by atoms with Gasteiger partial charge in [0.25, 0.3) is 0 Å². The van der Waals surface area contributed by atoms with Gasteiger partial charge < -0.3 is 19.9 Å². The molecule has 23 heavy (non-hydrogen) atoms. The molecule has 1 aromatic rings. The van der Waals surface area contributed by atoms with Crippen molar-refractivity contribution in [3.8, 4) is 0 Å². The Labute approximate surface area is 139 Å². The molecule has 1 heterocycles. The lowest BCUT2D eigenvalue weighted by molar-refractivity contribution is 0.145. The number of aromatic nitrogens is 3.